The van der Waals surface area contributed by atoms with Gasteiger partial charge < -0.3 is 25.0 Å². The van der Waals surface area contributed by atoms with E-state index in [-0.39, 0.29) is 11.1 Å². The Morgan fingerprint density at radius 2 is 1.76 bits per heavy atom. The van der Waals surface area contributed by atoms with Crippen LogP contribution in [-0.4, -0.2) is 77.8 Å². The maximum Gasteiger partial charge on any atom is 0.229 e. The number of methoxy groups -OCH3 is 1. The van der Waals surface area contributed by atoms with Gasteiger partial charge in [-0.3, -0.25) is 4.68 Å². The molecule has 1 saturated heterocycles. The molecule has 0 amide bonds. The van der Waals surface area contributed by atoms with Crippen LogP contribution in [0, 0.1) is 13.8 Å². The van der Waals surface area contributed by atoms with Crippen LogP contribution >= 0.6 is 0 Å². The highest BCUT2D eigenvalue weighted by Crippen LogP contribution is 2.38. The average molecular weight is 600 g/mol. The van der Waals surface area contributed by atoms with E-state index < -0.39 is 15.1 Å². The van der Waals surface area contributed by atoms with Gasteiger partial charge in [-0.25, -0.2) is 13.4 Å². The summed E-state index contributed by atoms with van der Waals surface area (Å²) in [6.45, 7) is 15.1. The van der Waals surface area contributed by atoms with Crippen molar-refractivity contribution in [1.82, 2.24) is 24.6 Å². The molecule has 0 radical (unpaired) electrons. The third kappa shape index (κ3) is 7.40. The van der Waals surface area contributed by atoms with Gasteiger partial charge in [-0.2, -0.15) is 10.1 Å². The number of ether oxygens (including phenoxy) is 2. The number of anilines is 4. The third-order valence-corrected chi connectivity index (χ3v) is 9.61. The van der Waals surface area contributed by atoms with Crippen molar-refractivity contribution in [3.8, 4) is 5.75 Å². The molecule has 11 nitrogen and oxygen atoms in total. The molecule has 3 heterocycles. The fourth-order valence-electron chi connectivity index (χ4n) is 5.14. The van der Waals surface area contributed by atoms with E-state index in [9.17, 15) is 8.42 Å². The highest BCUT2D eigenvalue weighted by molar-refractivity contribution is 7.92. The van der Waals surface area contributed by atoms with Crippen molar-refractivity contribution in [3.63, 3.8) is 0 Å². The van der Waals surface area contributed by atoms with E-state index in [0.717, 1.165) is 56.1 Å². The molecule has 0 saturated carbocycles. The Hall–Kier alpha value is -3.22. The predicted octanol–water partition coefficient (Wildman–Crippen LogP) is 5.11. The highest BCUT2D eigenvalue weighted by Gasteiger charge is 2.27. The van der Waals surface area contributed by atoms with Gasteiger partial charge in [0.15, 0.2) is 0 Å². The number of benzene rings is 1. The number of nitrogens with one attached hydrogen (secondary N) is 2. The van der Waals surface area contributed by atoms with E-state index in [0.29, 0.717) is 23.4 Å². The quantitative estimate of drug-likeness (QED) is 0.290. The van der Waals surface area contributed by atoms with E-state index in [2.05, 4.69) is 44.7 Å². The van der Waals surface area contributed by atoms with Gasteiger partial charge in [0, 0.05) is 38.7 Å². The summed E-state index contributed by atoms with van der Waals surface area (Å²) in [4.78, 5) is 11.7. The molecular formula is C30H45N7O4S. The minimum Gasteiger partial charge on any atom is -0.489 e. The van der Waals surface area contributed by atoms with E-state index in [1.165, 1.54) is 15.8 Å². The summed E-state index contributed by atoms with van der Waals surface area (Å²) >= 11 is 0. The first-order valence-corrected chi connectivity index (χ1v) is 16.1. The number of hydrogen-bond acceptors (Lipinski definition) is 10. The molecule has 42 heavy (non-hydrogen) atoms. The Morgan fingerprint density at radius 3 is 2.40 bits per heavy atom. The summed E-state index contributed by atoms with van der Waals surface area (Å²) in [6, 6.07) is 4.27. The smallest absolute Gasteiger partial charge is 0.229 e. The molecule has 2 N–H and O–H groups in total. The number of rotatable bonds is 12. The molecule has 4 rings (SSSR count). The van der Waals surface area contributed by atoms with Crippen LogP contribution in [0.4, 0.5) is 23.1 Å². The van der Waals surface area contributed by atoms with Crippen LogP contribution in [0.2, 0.25) is 0 Å². The van der Waals surface area contributed by atoms with Gasteiger partial charge in [-0.05, 0) is 96.7 Å². The standard InChI is InChI=1S/C30H45N7O4S/c1-19(2)41-27-16-24(23-9-11-37(12-10-23)13-14-40-8)21(5)15-25(27)33-30-31-17-22(6)28(34-30)32-26-18-36(7)35-29(26)42(38,39)20(3)4/h15-20,23H,9-14H2,1-8H3,(H2,31,32,33,34). The minimum atomic E-state index is -3.60. The highest BCUT2D eigenvalue weighted by atomic mass is 32.2. The van der Waals surface area contributed by atoms with Crippen molar-refractivity contribution in [1.29, 1.82) is 0 Å². The number of piperidine rings is 1. The molecule has 0 unspecified atom stereocenters. The molecule has 12 heteroatoms. The van der Waals surface area contributed by atoms with Gasteiger partial charge >= 0.3 is 0 Å². The Labute approximate surface area is 250 Å². The van der Waals surface area contributed by atoms with Crippen LogP contribution in [0.25, 0.3) is 0 Å². The lowest BCUT2D eigenvalue weighted by Gasteiger charge is -2.33. The molecule has 230 valence electrons. The molecule has 2 aromatic heterocycles. The number of sulfone groups is 1. The Kier molecular flexibility index (Phi) is 10.1. The van der Waals surface area contributed by atoms with Gasteiger partial charge in [0.05, 0.1) is 29.3 Å². The van der Waals surface area contributed by atoms with Gasteiger partial charge in [-0.15, -0.1) is 0 Å². The van der Waals surface area contributed by atoms with E-state index in [1.807, 2.05) is 20.8 Å². The molecule has 0 atom stereocenters. The summed E-state index contributed by atoms with van der Waals surface area (Å²) in [5, 5.41) is 10.1. The molecule has 1 aliphatic rings. The zero-order chi connectivity index (χ0) is 30.6. The monoisotopic (exact) mass is 599 g/mol. The van der Waals surface area contributed by atoms with Crippen molar-refractivity contribution in [2.75, 3.05) is 44.0 Å². The second-order valence-corrected chi connectivity index (χ2v) is 14.0. The fraction of sp³-hybridized carbons (Fsp3) is 0.567. The number of likely N-dealkylation sites (tertiary alicyclic amines) is 1. The first-order valence-electron chi connectivity index (χ1n) is 14.6. The number of aromatic nitrogens is 4. The average Bonchev–Trinajstić information content (AvgIpc) is 3.31. The first-order chi connectivity index (χ1) is 19.9. The van der Waals surface area contributed by atoms with Crippen LogP contribution in [0.5, 0.6) is 5.75 Å². The van der Waals surface area contributed by atoms with Crippen LogP contribution in [0.15, 0.2) is 29.6 Å². The lowest BCUT2D eigenvalue weighted by molar-refractivity contribution is 0.130. The van der Waals surface area contributed by atoms with Gasteiger partial charge in [0.1, 0.15) is 11.6 Å². The number of aryl methyl sites for hydroxylation is 3. The Balaban J connectivity index is 1.60. The summed E-state index contributed by atoms with van der Waals surface area (Å²) in [7, 11) is -0.160. The summed E-state index contributed by atoms with van der Waals surface area (Å²) in [5.74, 6) is 2.08. The second kappa shape index (κ2) is 13.4. The summed E-state index contributed by atoms with van der Waals surface area (Å²) < 4.78 is 38.9. The van der Waals surface area contributed by atoms with E-state index >= 15 is 0 Å². The largest absolute Gasteiger partial charge is 0.489 e. The molecule has 3 aromatic rings. The van der Waals surface area contributed by atoms with Crippen LogP contribution in [0.1, 0.15) is 63.1 Å². The third-order valence-electron chi connectivity index (χ3n) is 7.53. The van der Waals surface area contributed by atoms with E-state index in [4.69, 9.17) is 14.5 Å². The molecule has 0 spiro atoms. The summed E-state index contributed by atoms with van der Waals surface area (Å²) in [5.41, 5.74) is 4.41. The molecule has 1 fully saturated rings. The van der Waals surface area contributed by atoms with Crippen molar-refractivity contribution in [2.24, 2.45) is 7.05 Å². The lowest BCUT2D eigenvalue weighted by Crippen LogP contribution is -2.35. The molecular weight excluding hydrogens is 554 g/mol. The fourth-order valence-corrected chi connectivity index (χ4v) is 6.24. The molecule has 1 aliphatic heterocycles. The van der Waals surface area contributed by atoms with Crippen molar-refractivity contribution in [2.45, 2.75) is 76.7 Å². The molecule has 1 aromatic carbocycles. The van der Waals surface area contributed by atoms with Crippen molar-refractivity contribution >= 4 is 33.0 Å². The number of nitrogens with zero attached hydrogens (tertiary/aromatic N) is 5. The van der Waals surface area contributed by atoms with Crippen LogP contribution in [0.3, 0.4) is 0 Å². The normalized spacial score (nSPS) is 15.0. The SMILES string of the molecule is COCCN1CCC(c2cc(OC(C)C)c(Nc3ncc(C)c(Nc4cn(C)nc4S(=O)(=O)C(C)C)n3)cc2C)CC1. The lowest BCUT2D eigenvalue weighted by atomic mass is 9.86. The first kappa shape index (κ1) is 31.7. The zero-order valence-corrected chi connectivity index (χ0v) is 26.9. The second-order valence-electron chi connectivity index (χ2n) is 11.6. The topological polar surface area (TPSA) is 123 Å². The predicted molar refractivity (Wildman–Crippen MR) is 166 cm³/mol. The van der Waals surface area contributed by atoms with Crippen molar-refractivity contribution in [3.05, 3.63) is 41.2 Å². The maximum atomic E-state index is 12.9. The minimum absolute atomic E-state index is 0.00381. The number of hydrogen-bond donors (Lipinski definition) is 2. The van der Waals surface area contributed by atoms with Gasteiger partial charge in [0.2, 0.25) is 20.8 Å². The molecule has 0 bridgehead atoms. The van der Waals surface area contributed by atoms with Gasteiger partial charge in [0.25, 0.3) is 0 Å². The zero-order valence-electron chi connectivity index (χ0n) is 26.1. The van der Waals surface area contributed by atoms with Crippen molar-refractivity contribution < 1.29 is 17.9 Å². The Morgan fingerprint density at radius 1 is 1.05 bits per heavy atom. The maximum absolute atomic E-state index is 12.9. The van der Waals surface area contributed by atoms with E-state index in [1.54, 1.807) is 40.4 Å². The van der Waals surface area contributed by atoms with Crippen LogP contribution < -0.4 is 15.4 Å². The summed E-state index contributed by atoms with van der Waals surface area (Å²) in [6.07, 6.45) is 5.52. The van der Waals surface area contributed by atoms with Crippen LogP contribution in [-0.2, 0) is 21.6 Å². The molecule has 0 aliphatic carbocycles. The Bertz CT molecular complexity index is 1480. The van der Waals surface area contributed by atoms with Gasteiger partial charge in [-0.1, -0.05) is 0 Å².